The minimum Gasteiger partial charge on any atom is -0.497 e. The molecule has 1 heterocycles. The molecule has 0 fully saturated rings. The Kier molecular flexibility index (Phi) is 6.21. The van der Waals surface area contributed by atoms with Crippen molar-refractivity contribution >= 4 is 34.0 Å². The van der Waals surface area contributed by atoms with Crippen molar-refractivity contribution in [3.63, 3.8) is 0 Å². The van der Waals surface area contributed by atoms with E-state index in [0.29, 0.717) is 12.6 Å². The Morgan fingerprint density at radius 3 is 2.03 bits per heavy atom. The molecule has 168 valence electrons. The van der Waals surface area contributed by atoms with Gasteiger partial charge in [-0.2, -0.15) is 4.98 Å². The van der Waals surface area contributed by atoms with E-state index in [9.17, 15) is 0 Å². The van der Waals surface area contributed by atoms with Gasteiger partial charge in [-0.25, -0.2) is 4.98 Å². The molecular formula is C28H24N4O2. The predicted molar refractivity (Wildman–Crippen MR) is 136 cm³/mol. The van der Waals surface area contributed by atoms with E-state index in [0.717, 1.165) is 45.2 Å². The number of nitrogens with one attached hydrogen (secondary N) is 2. The Hall–Kier alpha value is -4.58. The Morgan fingerprint density at radius 1 is 0.647 bits per heavy atom. The highest BCUT2D eigenvalue weighted by Gasteiger charge is 2.09. The first-order valence-electron chi connectivity index (χ1n) is 11.0. The highest BCUT2D eigenvalue weighted by atomic mass is 16.5. The molecule has 0 spiro atoms. The lowest BCUT2D eigenvalue weighted by Gasteiger charge is -2.13. The van der Waals surface area contributed by atoms with Crippen molar-refractivity contribution in [2.24, 2.45) is 0 Å². The third-order valence-electron chi connectivity index (χ3n) is 5.31. The van der Waals surface area contributed by atoms with Gasteiger partial charge in [0.25, 0.3) is 0 Å². The number of nitrogens with zero attached hydrogens (tertiary/aromatic N) is 2. The molecule has 0 aliphatic carbocycles. The molecule has 0 radical (unpaired) electrons. The quantitative estimate of drug-likeness (QED) is 0.275. The first-order valence-corrected chi connectivity index (χ1v) is 11.0. The number of methoxy groups -OCH3 is 1. The molecule has 6 heteroatoms. The molecule has 0 saturated heterocycles. The Morgan fingerprint density at radius 2 is 1.29 bits per heavy atom. The summed E-state index contributed by atoms with van der Waals surface area (Å²) in [4.78, 5) is 9.42. The maximum Gasteiger partial charge on any atom is 0.229 e. The largest absolute Gasteiger partial charge is 0.497 e. The molecule has 5 rings (SSSR count). The standard InChI is InChI=1S/C28H24N4O2/c1-33-23-15-11-21(12-16-23)29-27-25-9-5-6-10-26(25)31-28(32-27)30-22-13-17-24(18-14-22)34-19-20-7-3-2-4-8-20/h2-18H,19H2,1H3,(H2,29,30,31,32). The van der Waals surface area contributed by atoms with E-state index < -0.39 is 0 Å². The normalized spacial score (nSPS) is 10.6. The smallest absolute Gasteiger partial charge is 0.229 e. The van der Waals surface area contributed by atoms with Gasteiger partial charge in [-0.15, -0.1) is 0 Å². The number of hydrogen-bond donors (Lipinski definition) is 2. The van der Waals surface area contributed by atoms with Crippen LogP contribution in [0, 0.1) is 0 Å². The number of para-hydroxylation sites is 1. The summed E-state index contributed by atoms with van der Waals surface area (Å²) in [5.41, 5.74) is 3.76. The summed E-state index contributed by atoms with van der Waals surface area (Å²) < 4.78 is 11.1. The number of benzene rings is 4. The second-order valence-corrected chi connectivity index (χ2v) is 7.69. The zero-order valence-electron chi connectivity index (χ0n) is 18.7. The van der Waals surface area contributed by atoms with Gasteiger partial charge in [0.05, 0.1) is 12.6 Å². The van der Waals surface area contributed by atoms with Crippen LogP contribution in [0.15, 0.2) is 103 Å². The highest BCUT2D eigenvalue weighted by molar-refractivity contribution is 5.92. The van der Waals surface area contributed by atoms with Crippen LogP contribution in [0.1, 0.15) is 5.56 Å². The van der Waals surface area contributed by atoms with Gasteiger partial charge in [0.1, 0.15) is 23.9 Å². The van der Waals surface area contributed by atoms with Crippen LogP contribution in [-0.2, 0) is 6.61 Å². The summed E-state index contributed by atoms with van der Waals surface area (Å²) in [6.45, 7) is 0.530. The zero-order chi connectivity index (χ0) is 23.2. The highest BCUT2D eigenvalue weighted by Crippen LogP contribution is 2.27. The number of hydrogen-bond acceptors (Lipinski definition) is 6. The fraction of sp³-hybridized carbons (Fsp3) is 0.0714. The Labute approximate surface area is 198 Å². The summed E-state index contributed by atoms with van der Waals surface area (Å²) >= 11 is 0. The molecule has 0 saturated carbocycles. The van der Waals surface area contributed by atoms with E-state index in [1.165, 1.54) is 0 Å². The van der Waals surface area contributed by atoms with Gasteiger partial charge in [-0.1, -0.05) is 42.5 Å². The van der Waals surface area contributed by atoms with Gasteiger partial charge in [-0.05, 0) is 66.2 Å². The second-order valence-electron chi connectivity index (χ2n) is 7.69. The van der Waals surface area contributed by atoms with Crippen LogP contribution in [0.2, 0.25) is 0 Å². The third-order valence-corrected chi connectivity index (χ3v) is 5.31. The molecule has 4 aromatic carbocycles. The van der Waals surface area contributed by atoms with Gasteiger partial charge < -0.3 is 20.1 Å². The SMILES string of the molecule is COc1ccc(Nc2nc(Nc3ccc(OCc4ccccc4)cc3)nc3ccccc23)cc1. The molecule has 34 heavy (non-hydrogen) atoms. The average molecular weight is 449 g/mol. The fourth-order valence-electron chi connectivity index (χ4n) is 3.54. The minimum absolute atomic E-state index is 0.507. The topological polar surface area (TPSA) is 68.3 Å². The maximum atomic E-state index is 5.88. The second kappa shape index (κ2) is 9.92. The van der Waals surface area contributed by atoms with Crippen LogP contribution < -0.4 is 20.1 Å². The van der Waals surface area contributed by atoms with Crippen molar-refractivity contribution in [2.45, 2.75) is 6.61 Å². The summed E-state index contributed by atoms with van der Waals surface area (Å²) in [6, 6.07) is 33.5. The summed E-state index contributed by atoms with van der Waals surface area (Å²) in [7, 11) is 1.65. The van der Waals surface area contributed by atoms with Gasteiger partial charge in [0.2, 0.25) is 5.95 Å². The number of aromatic nitrogens is 2. The zero-order valence-corrected chi connectivity index (χ0v) is 18.7. The Bertz CT molecular complexity index is 1370. The maximum absolute atomic E-state index is 5.88. The first kappa shape index (κ1) is 21.3. The van der Waals surface area contributed by atoms with Gasteiger partial charge >= 0.3 is 0 Å². The van der Waals surface area contributed by atoms with Crippen molar-refractivity contribution in [1.29, 1.82) is 0 Å². The van der Waals surface area contributed by atoms with E-state index in [1.807, 2.05) is 103 Å². The lowest BCUT2D eigenvalue weighted by molar-refractivity contribution is 0.306. The van der Waals surface area contributed by atoms with Crippen LogP contribution in [0.4, 0.5) is 23.1 Å². The number of rotatable bonds is 8. The molecule has 0 amide bonds. The molecule has 0 aliphatic heterocycles. The number of ether oxygens (including phenoxy) is 2. The minimum atomic E-state index is 0.507. The molecule has 0 bridgehead atoms. The lowest BCUT2D eigenvalue weighted by atomic mass is 10.2. The molecule has 5 aromatic rings. The lowest BCUT2D eigenvalue weighted by Crippen LogP contribution is -2.02. The number of fused-ring (bicyclic) bond motifs is 1. The van der Waals surface area contributed by atoms with Crippen molar-refractivity contribution in [3.8, 4) is 11.5 Å². The summed E-state index contributed by atoms with van der Waals surface area (Å²) in [6.07, 6.45) is 0. The molecule has 6 nitrogen and oxygen atoms in total. The van der Waals surface area contributed by atoms with Crippen molar-refractivity contribution < 1.29 is 9.47 Å². The monoisotopic (exact) mass is 448 g/mol. The van der Waals surface area contributed by atoms with Crippen LogP contribution in [-0.4, -0.2) is 17.1 Å². The van der Waals surface area contributed by atoms with Crippen molar-refractivity contribution in [2.75, 3.05) is 17.7 Å². The third kappa shape index (κ3) is 5.07. The van der Waals surface area contributed by atoms with E-state index in [4.69, 9.17) is 14.5 Å². The van der Waals surface area contributed by atoms with Crippen LogP contribution in [0.5, 0.6) is 11.5 Å². The molecule has 0 unspecified atom stereocenters. The van der Waals surface area contributed by atoms with E-state index >= 15 is 0 Å². The van der Waals surface area contributed by atoms with Crippen molar-refractivity contribution in [3.05, 3.63) is 109 Å². The van der Waals surface area contributed by atoms with E-state index in [1.54, 1.807) is 7.11 Å². The van der Waals surface area contributed by atoms with Gasteiger partial charge in [0, 0.05) is 16.8 Å². The fourth-order valence-corrected chi connectivity index (χ4v) is 3.54. The van der Waals surface area contributed by atoms with Crippen LogP contribution in [0.3, 0.4) is 0 Å². The van der Waals surface area contributed by atoms with E-state index in [-0.39, 0.29) is 0 Å². The molecule has 1 aromatic heterocycles. The van der Waals surface area contributed by atoms with Crippen molar-refractivity contribution in [1.82, 2.24) is 9.97 Å². The molecule has 0 aliphatic rings. The molecular weight excluding hydrogens is 424 g/mol. The van der Waals surface area contributed by atoms with Crippen LogP contribution >= 0.6 is 0 Å². The van der Waals surface area contributed by atoms with Crippen LogP contribution in [0.25, 0.3) is 10.9 Å². The van der Waals surface area contributed by atoms with Gasteiger partial charge in [0.15, 0.2) is 0 Å². The summed E-state index contributed by atoms with van der Waals surface area (Å²) in [5, 5.41) is 7.64. The molecule has 0 atom stereocenters. The van der Waals surface area contributed by atoms with E-state index in [2.05, 4.69) is 15.6 Å². The predicted octanol–water partition coefficient (Wildman–Crippen LogP) is 6.70. The first-order chi connectivity index (χ1) is 16.8. The average Bonchev–Trinajstić information content (AvgIpc) is 2.89. The Balaban J connectivity index is 1.34. The summed E-state index contributed by atoms with van der Waals surface area (Å²) in [5.74, 6) is 2.83. The van der Waals surface area contributed by atoms with Gasteiger partial charge in [-0.3, -0.25) is 0 Å². The number of anilines is 4. The molecule has 2 N–H and O–H groups in total.